The Morgan fingerprint density at radius 1 is 1.46 bits per heavy atom. The van der Waals surface area contributed by atoms with Crippen LogP contribution in [0.15, 0.2) is 16.6 Å². The molecule has 0 fully saturated rings. The normalized spacial score (nSPS) is 10.5. The molecule has 0 unspecified atom stereocenters. The zero-order valence-corrected chi connectivity index (χ0v) is 9.06. The summed E-state index contributed by atoms with van der Waals surface area (Å²) in [6, 6.07) is 3.28. The van der Waals surface area contributed by atoms with E-state index in [4.69, 9.17) is 0 Å². The number of rotatable bonds is 2. The van der Waals surface area contributed by atoms with Gasteiger partial charge in [0.1, 0.15) is 5.82 Å². The summed E-state index contributed by atoms with van der Waals surface area (Å²) in [5.74, 6) is -0.199. The zero-order chi connectivity index (χ0) is 10.0. The minimum absolute atomic E-state index is 0.109. The van der Waals surface area contributed by atoms with Crippen molar-refractivity contribution in [3.05, 3.63) is 33.5 Å². The van der Waals surface area contributed by atoms with Crippen LogP contribution < -0.4 is 0 Å². The number of carbonyl (C=O) groups is 1. The standard InChI is InChI=1S/C10H10BrFO/c1-6(2)7-3-8(5-13)10(12)9(11)4-7/h3-6H,1-2H3. The number of carbonyl (C=O) groups excluding carboxylic acids is 1. The third-order valence-corrected chi connectivity index (χ3v) is 2.45. The quantitative estimate of drug-likeness (QED) is 0.728. The second-order valence-electron chi connectivity index (χ2n) is 3.18. The van der Waals surface area contributed by atoms with Crippen LogP contribution in [0.4, 0.5) is 4.39 Å². The Hall–Kier alpha value is -0.700. The molecule has 1 rings (SSSR count). The summed E-state index contributed by atoms with van der Waals surface area (Å²) in [6.07, 6.45) is 0.534. The van der Waals surface area contributed by atoms with E-state index in [0.717, 1.165) is 5.56 Å². The molecular weight excluding hydrogens is 235 g/mol. The van der Waals surface area contributed by atoms with E-state index in [1.807, 2.05) is 13.8 Å². The predicted octanol–water partition coefficient (Wildman–Crippen LogP) is 3.52. The van der Waals surface area contributed by atoms with Crippen molar-refractivity contribution < 1.29 is 9.18 Å². The molecule has 0 saturated carbocycles. The Labute approximate surface area is 85.1 Å². The van der Waals surface area contributed by atoms with Crippen LogP contribution >= 0.6 is 15.9 Å². The van der Waals surface area contributed by atoms with Gasteiger partial charge in [-0.15, -0.1) is 0 Å². The van der Waals surface area contributed by atoms with Gasteiger partial charge in [-0.05, 0) is 39.5 Å². The molecule has 1 aromatic carbocycles. The number of hydrogen-bond donors (Lipinski definition) is 0. The lowest BCUT2D eigenvalue weighted by atomic mass is 10.0. The lowest BCUT2D eigenvalue weighted by Gasteiger charge is -2.07. The number of aldehydes is 1. The first kappa shape index (κ1) is 10.4. The SMILES string of the molecule is CC(C)c1cc(Br)c(F)c(C=O)c1. The fraction of sp³-hybridized carbons (Fsp3) is 0.300. The molecular formula is C10H10BrFO. The molecule has 0 amide bonds. The second-order valence-corrected chi connectivity index (χ2v) is 4.03. The number of hydrogen-bond acceptors (Lipinski definition) is 1. The van der Waals surface area contributed by atoms with Gasteiger partial charge < -0.3 is 0 Å². The van der Waals surface area contributed by atoms with Gasteiger partial charge in [0.25, 0.3) is 0 Å². The summed E-state index contributed by atoms with van der Waals surface area (Å²) in [7, 11) is 0. The minimum atomic E-state index is -0.487. The van der Waals surface area contributed by atoms with Gasteiger partial charge in [-0.3, -0.25) is 4.79 Å². The largest absolute Gasteiger partial charge is 0.298 e. The molecule has 70 valence electrons. The summed E-state index contributed by atoms with van der Waals surface area (Å²) >= 11 is 3.07. The molecule has 0 aliphatic heterocycles. The van der Waals surface area contributed by atoms with Crippen LogP contribution in [0.25, 0.3) is 0 Å². The summed E-state index contributed by atoms with van der Waals surface area (Å²) in [4.78, 5) is 10.5. The van der Waals surface area contributed by atoms with E-state index in [-0.39, 0.29) is 11.5 Å². The monoisotopic (exact) mass is 244 g/mol. The van der Waals surface area contributed by atoms with E-state index in [2.05, 4.69) is 15.9 Å². The van der Waals surface area contributed by atoms with Crippen LogP contribution in [0.3, 0.4) is 0 Å². The molecule has 1 aromatic rings. The predicted molar refractivity (Wildman–Crippen MR) is 53.6 cm³/mol. The maximum atomic E-state index is 13.2. The van der Waals surface area contributed by atoms with E-state index in [1.54, 1.807) is 12.1 Å². The van der Waals surface area contributed by atoms with E-state index in [1.165, 1.54) is 0 Å². The van der Waals surface area contributed by atoms with Gasteiger partial charge in [-0.2, -0.15) is 0 Å². The molecule has 3 heteroatoms. The van der Waals surface area contributed by atoms with Crippen LogP contribution in [0.2, 0.25) is 0 Å². The Morgan fingerprint density at radius 2 is 2.08 bits per heavy atom. The van der Waals surface area contributed by atoms with Gasteiger partial charge in [0.05, 0.1) is 10.0 Å². The lowest BCUT2D eigenvalue weighted by Crippen LogP contribution is -1.95. The lowest BCUT2D eigenvalue weighted by molar-refractivity contribution is 0.111. The van der Waals surface area contributed by atoms with Gasteiger partial charge in [0.15, 0.2) is 6.29 Å². The van der Waals surface area contributed by atoms with Crippen molar-refractivity contribution in [2.75, 3.05) is 0 Å². The van der Waals surface area contributed by atoms with Gasteiger partial charge in [0, 0.05) is 0 Å². The van der Waals surface area contributed by atoms with Crippen LogP contribution in [-0.2, 0) is 0 Å². The fourth-order valence-electron chi connectivity index (χ4n) is 1.05. The maximum absolute atomic E-state index is 13.2. The van der Waals surface area contributed by atoms with Gasteiger partial charge in [-0.1, -0.05) is 13.8 Å². The topological polar surface area (TPSA) is 17.1 Å². The highest BCUT2D eigenvalue weighted by Gasteiger charge is 2.09. The number of halogens is 2. The molecule has 0 heterocycles. The minimum Gasteiger partial charge on any atom is -0.298 e. The molecule has 0 spiro atoms. The molecule has 0 atom stereocenters. The molecule has 0 aliphatic carbocycles. The molecule has 1 nitrogen and oxygen atoms in total. The molecule has 0 aliphatic rings. The molecule has 13 heavy (non-hydrogen) atoms. The molecule has 0 saturated heterocycles. The van der Waals surface area contributed by atoms with E-state index in [9.17, 15) is 9.18 Å². The highest BCUT2D eigenvalue weighted by atomic mass is 79.9. The fourth-order valence-corrected chi connectivity index (χ4v) is 1.54. The van der Waals surface area contributed by atoms with Crippen LogP contribution in [-0.4, -0.2) is 6.29 Å². The highest BCUT2D eigenvalue weighted by molar-refractivity contribution is 9.10. The molecule has 0 aromatic heterocycles. The van der Waals surface area contributed by atoms with E-state index in [0.29, 0.717) is 10.8 Å². The Kier molecular flexibility index (Phi) is 3.20. The Morgan fingerprint density at radius 3 is 2.54 bits per heavy atom. The Bertz CT molecular complexity index is 334. The number of benzene rings is 1. The molecule has 0 radical (unpaired) electrons. The van der Waals surface area contributed by atoms with Crippen molar-refractivity contribution in [1.82, 2.24) is 0 Å². The summed E-state index contributed by atoms with van der Waals surface area (Å²) in [6.45, 7) is 3.99. The third-order valence-electron chi connectivity index (χ3n) is 1.87. The van der Waals surface area contributed by atoms with Crippen molar-refractivity contribution in [3.63, 3.8) is 0 Å². The summed E-state index contributed by atoms with van der Waals surface area (Å²) in [5.41, 5.74) is 1.06. The average Bonchev–Trinajstić information content (AvgIpc) is 2.09. The van der Waals surface area contributed by atoms with Crippen molar-refractivity contribution in [2.45, 2.75) is 19.8 Å². The molecule has 0 bridgehead atoms. The smallest absolute Gasteiger partial charge is 0.153 e. The summed E-state index contributed by atoms with van der Waals surface area (Å²) < 4.78 is 13.5. The third kappa shape index (κ3) is 2.15. The van der Waals surface area contributed by atoms with Crippen LogP contribution in [0, 0.1) is 5.82 Å². The first-order chi connectivity index (χ1) is 6.06. The van der Waals surface area contributed by atoms with Crippen molar-refractivity contribution in [3.8, 4) is 0 Å². The maximum Gasteiger partial charge on any atom is 0.153 e. The van der Waals surface area contributed by atoms with Gasteiger partial charge in [0.2, 0.25) is 0 Å². The van der Waals surface area contributed by atoms with Gasteiger partial charge in [-0.25, -0.2) is 4.39 Å². The van der Waals surface area contributed by atoms with E-state index >= 15 is 0 Å². The highest BCUT2D eigenvalue weighted by Crippen LogP contribution is 2.24. The second kappa shape index (κ2) is 4.01. The first-order valence-electron chi connectivity index (χ1n) is 4.00. The summed E-state index contributed by atoms with van der Waals surface area (Å²) in [5, 5.41) is 0. The van der Waals surface area contributed by atoms with Crippen LogP contribution in [0.5, 0.6) is 0 Å². The van der Waals surface area contributed by atoms with Crippen molar-refractivity contribution >= 4 is 22.2 Å². The zero-order valence-electron chi connectivity index (χ0n) is 7.47. The Balaban J connectivity index is 3.30. The van der Waals surface area contributed by atoms with Crippen LogP contribution in [0.1, 0.15) is 35.7 Å². The van der Waals surface area contributed by atoms with Gasteiger partial charge >= 0.3 is 0 Å². The first-order valence-corrected chi connectivity index (χ1v) is 4.79. The van der Waals surface area contributed by atoms with E-state index < -0.39 is 5.82 Å². The average molecular weight is 245 g/mol. The van der Waals surface area contributed by atoms with Crippen molar-refractivity contribution in [1.29, 1.82) is 0 Å². The van der Waals surface area contributed by atoms with Crippen molar-refractivity contribution in [2.24, 2.45) is 0 Å². The molecule has 0 N–H and O–H groups in total.